The van der Waals surface area contributed by atoms with Gasteiger partial charge in [0, 0.05) is 0 Å². The first kappa shape index (κ1) is 331. The number of rotatable bonds is 0. The van der Waals surface area contributed by atoms with Crippen molar-refractivity contribution in [3.8, 4) is 0 Å². The molecule has 0 N–H and O–H groups in total. The SMILES string of the molecule is [Cl-].[Cl-].[Cl-].[Cl-].[Cl-].[Cl-].[Cl-].[Cl-].[Cl-].[Cl-].[Cl-].[Cl-].[Cl-].[Cl-].[Cl-].[Cl-].[Cl-].[Cl-].[Cl-].[Cl-].[La+3].[La+3].[La+3].[La+3].[La+3].[La+3].[La+3].[La+3].[La+3].[La+3]. The van der Waals surface area contributed by atoms with Gasteiger partial charge in [-0.3, -0.25) is 0 Å². The Morgan fingerprint density at radius 2 is 0.0667 bits per heavy atom. The Balaban J connectivity index is 0. The summed E-state index contributed by atoms with van der Waals surface area (Å²) in [4.78, 5) is 0. The van der Waals surface area contributed by atoms with Gasteiger partial charge < -0.3 is 248 Å². The molecule has 0 aliphatic carbocycles. The molecule has 30 heavy (non-hydrogen) atoms. The molecule has 0 rings (SSSR count). The third-order valence-electron chi connectivity index (χ3n) is 0. The molecule has 0 aromatic rings. The fourth-order valence-electron chi connectivity index (χ4n) is 0. The summed E-state index contributed by atoms with van der Waals surface area (Å²) in [5, 5.41) is 0. The Labute approximate surface area is 585 Å². The average Bonchev–Trinajstić information content (AvgIpc) is 0. The molecule has 0 radical (unpaired) electrons. The van der Waals surface area contributed by atoms with Gasteiger partial charge in [0.05, 0.1) is 0 Å². The van der Waals surface area contributed by atoms with Gasteiger partial charge in [-0.15, -0.1) is 0 Å². The number of hydrogen-bond acceptors (Lipinski definition) is 0. The van der Waals surface area contributed by atoms with Crippen LogP contribution in [-0.4, -0.2) is 0 Å². The Hall–Kier alpha value is 17.7. The van der Waals surface area contributed by atoms with Crippen LogP contribution in [0.3, 0.4) is 0 Å². The first-order valence-corrected chi connectivity index (χ1v) is 0. The summed E-state index contributed by atoms with van der Waals surface area (Å²) in [5.41, 5.74) is 0. The molecule has 0 heterocycles. The average molecular weight is 2100 g/mol. The monoisotopic (exact) mass is 2090 g/mol. The minimum atomic E-state index is 0. The topological polar surface area (TPSA) is 0 Å². The van der Waals surface area contributed by atoms with E-state index >= 15 is 0 Å². The molecule has 0 aromatic heterocycles. The molecule has 0 aromatic carbocycles. The first-order chi connectivity index (χ1) is 0. The molecule has 0 unspecified atom stereocenters. The van der Waals surface area contributed by atoms with Crippen LogP contribution in [0.1, 0.15) is 0 Å². The van der Waals surface area contributed by atoms with E-state index in [0.29, 0.717) is 0 Å². The summed E-state index contributed by atoms with van der Waals surface area (Å²) in [6.45, 7) is 0. The number of halogens is 20. The van der Waals surface area contributed by atoms with E-state index in [9.17, 15) is 0 Å². The van der Waals surface area contributed by atoms with Crippen molar-refractivity contribution in [2.75, 3.05) is 0 Å². The van der Waals surface area contributed by atoms with Gasteiger partial charge in [0.25, 0.3) is 0 Å². The Morgan fingerprint density at radius 3 is 0.0667 bits per heavy atom. The molecule has 0 bridgehead atoms. The second-order valence-corrected chi connectivity index (χ2v) is 0. The molecule has 0 spiro atoms. The van der Waals surface area contributed by atoms with Crippen molar-refractivity contribution in [3.63, 3.8) is 0 Å². The smallest absolute Gasteiger partial charge is 1.00 e. The van der Waals surface area contributed by atoms with E-state index in [2.05, 4.69) is 0 Å². The van der Waals surface area contributed by atoms with E-state index in [-0.39, 0.29) is 604 Å². The molecular weight excluding hydrogens is 2100 g/mol. The molecule has 0 amide bonds. The first-order valence-electron chi connectivity index (χ1n) is 0. The molecule has 0 saturated heterocycles. The van der Waals surface area contributed by atoms with Crippen LogP contribution in [0.15, 0.2) is 0 Å². The van der Waals surface area contributed by atoms with E-state index in [0.717, 1.165) is 0 Å². The van der Waals surface area contributed by atoms with Gasteiger partial charge in [-0.05, 0) is 0 Å². The summed E-state index contributed by atoms with van der Waals surface area (Å²) in [6, 6.07) is 0. The van der Waals surface area contributed by atoms with Crippen LogP contribution in [0, 0.1) is 356 Å². The van der Waals surface area contributed by atoms with Gasteiger partial charge in [0.15, 0.2) is 0 Å². The standard InChI is InChI=1S/20ClH.10La/h20*1H;;;;;;;;;;/q;;;;;;;;;;;;;;;;;;;;10*+3/p-20. The molecule has 0 aliphatic heterocycles. The van der Waals surface area contributed by atoms with Crippen molar-refractivity contribution in [2.45, 2.75) is 0 Å². The van der Waals surface area contributed by atoms with Crippen LogP contribution in [0.25, 0.3) is 0 Å². The van der Waals surface area contributed by atoms with Crippen molar-refractivity contribution >= 4 is 0 Å². The maximum Gasteiger partial charge on any atom is 3.00 e. The van der Waals surface area contributed by atoms with Crippen LogP contribution in [0.2, 0.25) is 0 Å². The summed E-state index contributed by atoms with van der Waals surface area (Å²) in [5.74, 6) is 0. The maximum absolute atomic E-state index is 0. The zero-order valence-corrected chi connectivity index (χ0v) is 64.7. The van der Waals surface area contributed by atoms with Gasteiger partial charge in [-0.25, -0.2) is 0 Å². The minimum Gasteiger partial charge on any atom is -1.00 e. The third kappa shape index (κ3) is 291. The van der Waals surface area contributed by atoms with Gasteiger partial charge >= 0.3 is 356 Å². The Morgan fingerprint density at radius 1 is 0.0667 bits per heavy atom. The van der Waals surface area contributed by atoms with Crippen molar-refractivity contribution in [1.82, 2.24) is 0 Å². The molecule has 0 aliphatic rings. The van der Waals surface area contributed by atoms with E-state index in [4.69, 9.17) is 0 Å². The normalized spacial score (nSPS) is 0. The molecule has 160 valence electrons. The second kappa shape index (κ2) is 311. The summed E-state index contributed by atoms with van der Waals surface area (Å²) >= 11 is 0. The van der Waals surface area contributed by atoms with Gasteiger partial charge in [0.1, 0.15) is 0 Å². The molecule has 0 fully saturated rings. The maximum atomic E-state index is 0. The molecule has 0 saturated carbocycles. The van der Waals surface area contributed by atoms with E-state index in [1.165, 1.54) is 0 Å². The van der Waals surface area contributed by atoms with E-state index in [1.54, 1.807) is 0 Å². The quantitative estimate of drug-likeness (QED) is 0.227. The van der Waals surface area contributed by atoms with Crippen molar-refractivity contribution in [1.29, 1.82) is 0 Å². The molecule has 0 nitrogen and oxygen atoms in total. The van der Waals surface area contributed by atoms with Gasteiger partial charge in [-0.2, -0.15) is 0 Å². The second-order valence-electron chi connectivity index (χ2n) is 0. The third-order valence-corrected chi connectivity index (χ3v) is 0. The zero-order chi connectivity index (χ0) is 0. The van der Waals surface area contributed by atoms with Crippen molar-refractivity contribution in [2.24, 2.45) is 0 Å². The fraction of sp³-hybridized carbons (Fsp3) is 0. The summed E-state index contributed by atoms with van der Waals surface area (Å²) in [6.07, 6.45) is 0. The predicted octanol–water partition coefficient (Wildman–Crippen LogP) is -59.9. The van der Waals surface area contributed by atoms with Gasteiger partial charge in [0.2, 0.25) is 0 Å². The minimum absolute atomic E-state index is 0. The summed E-state index contributed by atoms with van der Waals surface area (Å²) in [7, 11) is 0. The van der Waals surface area contributed by atoms with E-state index in [1.807, 2.05) is 0 Å². The zero-order valence-electron chi connectivity index (χ0n) is 13.3. The molecule has 30 heteroatoms. The summed E-state index contributed by atoms with van der Waals surface area (Å²) < 4.78 is 0. The molecule has 0 atom stereocenters. The number of hydrogen-bond donors (Lipinski definition) is 0. The predicted molar refractivity (Wildman–Crippen MR) is 0 cm³/mol. The largest absolute Gasteiger partial charge is 3.00 e. The molecular formula is Cl20La10+10. The fourth-order valence-corrected chi connectivity index (χ4v) is 0. The van der Waals surface area contributed by atoms with Gasteiger partial charge in [-0.1, -0.05) is 0 Å². The van der Waals surface area contributed by atoms with Crippen LogP contribution in [0.5, 0.6) is 0 Å². The van der Waals surface area contributed by atoms with Crippen molar-refractivity contribution < 1.29 is 604 Å². The van der Waals surface area contributed by atoms with Crippen molar-refractivity contribution in [3.05, 3.63) is 0 Å². The van der Waals surface area contributed by atoms with Crippen LogP contribution >= 0.6 is 0 Å². The van der Waals surface area contributed by atoms with Crippen LogP contribution in [0.4, 0.5) is 0 Å². The van der Waals surface area contributed by atoms with Crippen LogP contribution < -0.4 is 248 Å². The van der Waals surface area contributed by atoms with Crippen LogP contribution in [-0.2, 0) is 0 Å². The Kier molecular flexibility index (Phi) is 3430. The Bertz CT molecular complexity index is 27.5. The van der Waals surface area contributed by atoms with E-state index < -0.39 is 0 Å².